The fraction of sp³-hybridized carbons (Fsp3) is 0.286. The molecule has 0 saturated carbocycles. The Morgan fingerprint density at radius 2 is 0.651 bits per heavy atom. The average Bonchev–Trinajstić information content (AvgIpc) is 2.77. The SMILES string of the molecule is O=S(=O)([N-]S(=O)(=O)C(F)(F)F)C(F)(F)F.O=S(=O)([N-]S(=O)(=O)C(F)(F)F)C(F)(F)F.[Co+2].c1ccc(-c2ccccn2)nc1. The molecule has 2 aromatic rings. The van der Waals surface area contributed by atoms with Gasteiger partial charge in [0, 0.05) is 12.4 Å². The van der Waals surface area contributed by atoms with Crippen LogP contribution in [0.5, 0.6) is 0 Å². The third kappa shape index (κ3) is 13.1. The molecule has 0 aliphatic rings. The van der Waals surface area contributed by atoms with Crippen LogP contribution in [-0.4, -0.2) is 65.7 Å². The minimum absolute atomic E-state index is 0. The number of aromatic nitrogens is 2. The quantitative estimate of drug-likeness (QED) is 0.397. The standard InChI is InChI=1S/C10H8N2.2C2F6NO4S2.Co/c1-3-7-11-9(5-1)10-6-2-4-8-12-10;2*3-1(4,5)14(10,11)9-15(12,13)2(6,7)8;/h1-8H;;;/q;2*-1;+2. The first kappa shape index (κ1) is 42.8. The second-order valence-electron chi connectivity index (χ2n) is 6.26. The van der Waals surface area contributed by atoms with Crippen LogP contribution in [0.1, 0.15) is 0 Å². The first-order chi connectivity index (χ1) is 18.4. The van der Waals surface area contributed by atoms with Crippen molar-refractivity contribution in [3.05, 3.63) is 57.0 Å². The maximum Gasteiger partial charge on any atom is 2.00 e. The molecule has 0 aromatic carbocycles. The summed E-state index contributed by atoms with van der Waals surface area (Å²) in [4.78, 5) is 8.37. The van der Waals surface area contributed by atoms with Crippen LogP contribution in [0.4, 0.5) is 52.7 Å². The van der Waals surface area contributed by atoms with Crippen molar-refractivity contribution in [2.45, 2.75) is 22.0 Å². The van der Waals surface area contributed by atoms with Gasteiger partial charge in [-0.3, -0.25) is 9.97 Å². The number of nitrogens with zero attached hydrogens (tertiary/aromatic N) is 4. The van der Waals surface area contributed by atoms with E-state index in [2.05, 4.69) is 9.97 Å². The van der Waals surface area contributed by atoms with E-state index >= 15 is 0 Å². The van der Waals surface area contributed by atoms with Crippen molar-refractivity contribution >= 4 is 40.1 Å². The molecule has 0 unspecified atom stereocenters. The van der Waals surface area contributed by atoms with Gasteiger partial charge in [-0.1, -0.05) is 12.1 Å². The van der Waals surface area contributed by atoms with E-state index in [4.69, 9.17) is 0 Å². The van der Waals surface area contributed by atoms with Gasteiger partial charge in [0.1, 0.15) is 0 Å². The summed E-state index contributed by atoms with van der Waals surface area (Å²) < 4.78 is 218. The Bertz CT molecular complexity index is 1410. The Balaban J connectivity index is 0. The summed E-state index contributed by atoms with van der Waals surface area (Å²) in [5.74, 6) is 0. The van der Waals surface area contributed by atoms with Crippen molar-refractivity contribution in [2.24, 2.45) is 0 Å². The summed E-state index contributed by atoms with van der Waals surface area (Å²) in [6, 6.07) is 11.6. The van der Waals surface area contributed by atoms with Crippen LogP contribution in [0.2, 0.25) is 0 Å². The molecular weight excluding hydrogens is 767 g/mol. The zero-order chi connectivity index (χ0) is 33.6. The zero-order valence-corrected chi connectivity index (χ0v) is 23.5. The number of rotatable bonds is 5. The molecule has 0 fully saturated rings. The monoisotopic (exact) mass is 775 g/mol. The summed E-state index contributed by atoms with van der Waals surface area (Å²) >= 11 is 0. The fourth-order valence-corrected chi connectivity index (χ4v) is 4.88. The minimum atomic E-state index is -6.72. The molecule has 0 saturated heterocycles. The average molecular weight is 775 g/mol. The van der Waals surface area contributed by atoms with Crippen molar-refractivity contribution < 1.29 is 103 Å². The second-order valence-corrected chi connectivity index (χ2v) is 13.1. The number of hydrogen-bond acceptors (Lipinski definition) is 10. The molecule has 2 heterocycles. The summed E-state index contributed by atoms with van der Waals surface area (Å²) in [6.45, 7) is 0. The van der Waals surface area contributed by atoms with E-state index in [-0.39, 0.29) is 16.8 Å². The van der Waals surface area contributed by atoms with E-state index in [1.54, 1.807) is 12.4 Å². The van der Waals surface area contributed by atoms with Gasteiger partial charge in [0.25, 0.3) is 0 Å². The summed E-state index contributed by atoms with van der Waals surface area (Å²) in [7, 11) is -26.9. The first-order valence-electron chi connectivity index (χ1n) is 8.94. The third-order valence-corrected chi connectivity index (χ3v) is 8.63. The van der Waals surface area contributed by atoms with Gasteiger partial charge in [0.15, 0.2) is 40.1 Å². The molecule has 1 radical (unpaired) electrons. The zero-order valence-electron chi connectivity index (χ0n) is 19.2. The van der Waals surface area contributed by atoms with E-state index in [0.29, 0.717) is 0 Å². The van der Waals surface area contributed by atoms with Gasteiger partial charge < -0.3 is 8.25 Å². The van der Waals surface area contributed by atoms with Crippen LogP contribution in [0.25, 0.3) is 19.6 Å². The number of sulfonamides is 4. The Labute approximate surface area is 243 Å². The molecule has 2 rings (SSSR count). The van der Waals surface area contributed by atoms with Crippen molar-refractivity contribution in [2.75, 3.05) is 0 Å². The van der Waals surface area contributed by atoms with Gasteiger partial charge in [0.05, 0.1) is 11.4 Å². The molecule has 0 aliphatic carbocycles. The predicted octanol–water partition coefficient (Wildman–Crippen LogP) is 4.26. The fourth-order valence-electron chi connectivity index (χ4n) is 1.46. The second kappa shape index (κ2) is 14.6. The van der Waals surface area contributed by atoms with Crippen LogP contribution >= 0.6 is 0 Å². The molecule has 0 spiro atoms. The molecule has 0 bridgehead atoms. The summed E-state index contributed by atoms with van der Waals surface area (Å²) in [6.07, 6.45) is 3.54. The van der Waals surface area contributed by atoms with Crippen LogP contribution in [0.3, 0.4) is 0 Å². The minimum Gasteiger partial charge on any atom is -0.421 e. The largest absolute Gasteiger partial charge is 2.00 e. The van der Waals surface area contributed by atoms with Gasteiger partial charge >= 0.3 is 38.8 Å². The van der Waals surface area contributed by atoms with Crippen LogP contribution in [-0.2, 0) is 56.9 Å². The van der Waals surface area contributed by atoms with Gasteiger partial charge in [-0.15, -0.1) is 0 Å². The van der Waals surface area contributed by atoms with Gasteiger partial charge in [0.2, 0.25) is 0 Å². The molecule has 0 amide bonds. The molecule has 0 aliphatic heterocycles. The molecule has 249 valence electrons. The Hall–Kier alpha value is -2.31. The third-order valence-electron chi connectivity index (χ3n) is 3.15. The van der Waals surface area contributed by atoms with E-state index in [1.165, 1.54) is 0 Å². The van der Waals surface area contributed by atoms with Crippen LogP contribution in [0.15, 0.2) is 48.8 Å². The predicted molar refractivity (Wildman–Crippen MR) is 114 cm³/mol. The molecular formula is C14H8CoF12N4O8S4. The Morgan fingerprint density at radius 3 is 0.791 bits per heavy atom. The number of pyridine rings is 2. The normalized spacial score (nSPS) is 13.4. The summed E-state index contributed by atoms with van der Waals surface area (Å²) in [5.41, 5.74) is -23.0. The van der Waals surface area contributed by atoms with E-state index in [1.807, 2.05) is 36.4 Å². The van der Waals surface area contributed by atoms with Gasteiger partial charge in [-0.2, -0.15) is 52.7 Å². The van der Waals surface area contributed by atoms with E-state index < -0.39 is 62.1 Å². The van der Waals surface area contributed by atoms with Crippen molar-refractivity contribution in [3.63, 3.8) is 0 Å². The van der Waals surface area contributed by atoms with Crippen molar-refractivity contribution in [3.8, 4) is 11.4 Å². The Kier molecular flexibility index (Phi) is 14.6. The number of alkyl halides is 12. The van der Waals surface area contributed by atoms with Gasteiger partial charge in [-0.25, -0.2) is 33.7 Å². The smallest absolute Gasteiger partial charge is 0.421 e. The van der Waals surface area contributed by atoms with Crippen molar-refractivity contribution in [1.29, 1.82) is 0 Å². The first-order valence-corrected chi connectivity index (χ1v) is 14.7. The molecule has 0 atom stereocenters. The van der Waals surface area contributed by atoms with E-state index in [0.717, 1.165) is 19.6 Å². The maximum absolute atomic E-state index is 11.4. The number of hydrogen-bond donors (Lipinski definition) is 0. The van der Waals surface area contributed by atoms with E-state index in [9.17, 15) is 86.4 Å². The maximum atomic E-state index is 11.4. The molecule has 29 heteroatoms. The van der Waals surface area contributed by atoms with Crippen LogP contribution in [0, 0.1) is 0 Å². The topological polar surface area (TPSA) is 191 Å². The molecule has 2 aromatic heterocycles. The summed E-state index contributed by atoms with van der Waals surface area (Å²) in [5, 5.41) is 0. The van der Waals surface area contributed by atoms with Crippen LogP contribution < -0.4 is 0 Å². The Morgan fingerprint density at radius 1 is 0.442 bits per heavy atom. The molecule has 0 N–H and O–H groups in total. The molecule has 12 nitrogen and oxygen atoms in total. The number of halogens is 12. The van der Waals surface area contributed by atoms with Gasteiger partial charge in [-0.05, 0) is 24.3 Å². The van der Waals surface area contributed by atoms with Crippen molar-refractivity contribution in [1.82, 2.24) is 9.97 Å². The molecule has 43 heavy (non-hydrogen) atoms.